The van der Waals surface area contributed by atoms with Crippen molar-refractivity contribution in [2.45, 2.75) is 13.3 Å². The molecule has 3 N–H and O–H groups in total. The Labute approximate surface area is 118 Å². The number of carbonyl (C=O) groups is 1. The Balaban J connectivity index is 2.19. The van der Waals surface area contributed by atoms with E-state index < -0.39 is 0 Å². The minimum Gasteiger partial charge on any atom is -0.381 e. The summed E-state index contributed by atoms with van der Waals surface area (Å²) in [7, 11) is 1.78. The van der Waals surface area contributed by atoms with Crippen LogP contribution < -0.4 is 16.0 Å². The Morgan fingerprint density at radius 1 is 1.30 bits per heavy atom. The number of para-hydroxylation sites is 2. The highest BCUT2D eigenvalue weighted by Gasteiger charge is 2.13. The summed E-state index contributed by atoms with van der Waals surface area (Å²) in [5.41, 5.74) is 7.43. The van der Waals surface area contributed by atoms with Gasteiger partial charge in [-0.05, 0) is 18.6 Å². The Kier molecular flexibility index (Phi) is 4.34. The monoisotopic (exact) mass is 273 g/mol. The maximum atomic E-state index is 11.7. The molecule has 20 heavy (non-hydrogen) atoms. The van der Waals surface area contributed by atoms with Gasteiger partial charge in [-0.15, -0.1) is 0 Å². The van der Waals surface area contributed by atoms with Gasteiger partial charge in [0, 0.05) is 13.6 Å². The van der Waals surface area contributed by atoms with E-state index in [1.807, 2.05) is 31.2 Å². The zero-order valence-electron chi connectivity index (χ0n) is 11.8. The van der Waals surface area contributed by atoms with Crippen LogP contribution >= 0.6 is 0 Å². The number of likely N-dealkylation sites (N-methyl/N-ethyl adjacent to an activating group) is 1. The van der Waals surface area contributed by atoms with Crippen LogP contribution in [0, 0.1) is 0 Å². The third-order valence-corrected chi connectivity index (χ3v) is 2.89. The quantitative estimate of drug-likeness (QED) is 0.854. The molecule has 6 nitrogen and oxygen atoms in total. The molecule has 6 heteroatoms. The lowest BCUT2D eigenvalue weighted by Crippen LogP contribution is -2.36. The van der Waals surface area contributed by atoms with Gasteiger partial charge in [0.1, 0.15) is 0 Å². The molecule has 0 unspecified atom stereocenters. The summed E-state index contributed by atoms with van der Waals surface area (Å²) < 4.78 is 0. The Bertz CT molecular complexity index is 614. The van der Waals surface area contributed by atoms with Gasteiger partial charge in [0.15, 0.2) is 11.6 Å². The van der Waals surface area contributed by atoms with Crippen molar-refractivity contribution < 1.29 is 4.79 Å². The summed E-state index contributed by atoms with van der Waals surface area (Å²) in [6.07, 6.45) is 0.910. The number of nitrogens with zero attached hydrogens (tertiary/aromatic N) is 3. The van der Waals surface area contributed by atoms with Gasteiger partial charge in [0.2, 0.25) is 5.91 Å². The van der Waals surface area contributed by atoms with Crippen LogP contribution in [0.4, 0.5) is 11.6 Å². The molecule has 1 aromatic heterocycles. The highest BCUT2D eigenvalue weighted by Crippen LogP contribution is 2.20. The van der Waals surface area contributed by atoms with Crippen molar-refractivity contribution >= 4 is 28.6 Å². The van der Waals surface area contributed by atoms with Crippen molar-refractivity contribution in [3.05, 3.63) is 24.3 Å². The van der Waals surface area contributed by atoms with Crippen LogP contribution in [0.3, 0.4) is 0 Å². The molecule has 1 amide bonds. The minimum atomic E-state index is -0.0521. The number of rotatable bonds is 5. The molecule has 0 radical (unpaired) electrons. The van der Waals surface area contributed by atoms with E-state index in [-0.39, 0.29) is 12.5 Å². The number of aromatic nitrogens is 2. The average molecular weight is 273 g/mol. The zero-order chi connectivity index (χ0) is 14.5. The fraction of sp³-hybridized carbons (Fsp3) is 0.357. The van der Waals surface area contributed by atoms with Crippen LogP contribution in [0.5, 0.6) is 0 Å². The highest BCUT2D eigenvalue weighted by molar-refractivity contribution is 5.84. The van der Waals surface area contributed by atoms with E-state index in [2.05, 4.69) is 15.3 Å². The second-order valence-electron chi connectivity index (χ2n) is 4.63. The molecular formula is C14H19N5O. The number of fused-ring (bicyclic) bond motifs is 1. The summed E-state index contributed by atoms with van der Waals surface area (Å²) in [4.78, 5) is 22.2. The first-order valence-corrected chi connectivity index (χ1v) is 6.62. The van der Waals surface area contributed by atoms with E-state index in [1.54, 1.807) is 11.9 Å². The molecular weight excluding hydrogens is 254 g/mol. The van der Waals surface area contributed by atoms with Gasteiger partial charge in [0.05, 0.1) is 17.6 Å². The second kappa shape index (κ2) is 6.18. The van der Waals surface area contributed by atoms with E-state index in [4.69, 9.17) is 5.73 Å². The number of nitrogen functional groups attached to an aromatic ring is 1. The van der Waals surface area contributed by atoms with E-state index in [9.17, 15) is 4.79 Å². The number of amides is 1. The van der Waals surface area contributed by atoms with Crippen molar-refractivity contribution in [1.29, 1.82) is 0 Å². The predicted molar refractivity (Wildman–Crippen MR) is 80.5 cm³/mol. The van der Waals surface area contributed by atoms with Gasteiger partial charge in [0.25, 0.3) is 0 Å². The molecule has 1 aromatic carbocycles. The van der Waals surface area contributed by atoms with Gasteiger partial charge in [-0.2, -0.15) is 0 Å². The number of anilines is 2. The van der Waals surface area contributed by atoms with E-state index in [0.717, 1.165) is 17.5 Å². The molecule has 106 valence electrons. The van der Waals surface area contributed by atoms with Crippen LogP contribution in [0.25, 0.3) is 11.0 Å². The second-order valence-corrected chi connectivity index (χ2v) is 4.63. The molecule has 0 aliphatic heterocycles. The summed E-state index contributed by atoms with van der Waals surface area (Å²) in [5, 5.41) is 2.82. The summed E-state index contributed by atoms with van der Waals surface area (Å²) in [6, 6.07) is 7.51. The first-order valence-electron chi connectivity index (χ1n) is 6.62. The summed E-state index contributed by atoms with van der Waals surface area (Å²) in [5.74, 6) is 0.800. The van der Waals surface area contributed by atoms with Crippen LogP contribution in [0.1, 0.15) is 13.3 Å². The molecule has 0 aliphatic rings. The van der Waals surface area contributed by atoms with Gasteiger partial charge in [-0.3, -0.25) is 4.79 Å². The maximum Gasteiger partial charge on any atom is 0.239 e. The number of nitrogens with one attached hydrogen (secondary N) is 1. The smallest absolute Gasteiger partial charge is 0.239 e. The van der Waals surface area contributed by atoms with Crippen molar-refractivity contribution in [2.75, 3.05) is 30.8 Å². The zero-order valence-corrected chi connectivity index (χ0v) is 11.8. The molecule has 0 spiro atoms. The maximum absolute atomic E-state index is 11.7. The number of hydrogen-bond donors (Lipinski definition) is 2. The lowest BCUT2D eigenvalue weighted by Gasteiger charge is -2.19. The van der Waals surface area contributed by atoms with Crippen molar-refractivity contribution in [3.8, 4) is 0 Å². The topological polar surface area (TPSA) is 84.1 Å². The minimum absolute atomic E-state index is 0.0521. The molecule has 0 aliphatic carbocycles. The first-order chi connectivity index (χ1) is 9.61. The first kappa shape index (κ1) is 14.0. The molecule has 0 saturated heterocycles. The standard InChI is InChI=1S/C14H19N5O/c1-3-8-16-12(20)9-19(2)14-13(15)17-10-6-4-5-7-11(10)18-14/h4-7H,3,8-9H2,1-2H3,(H2,15,17)(H,16,20). The molecule has 0 fully saturated rings. The fourth-order valence-electron chi connectivity index (χ4n) is 1.90. The Morgan fingerprint density at radius 3 is 2.60 bits per heavy atom. The Hall–Kier alpha value is -2.37. The van der Waals surface area contributed by atoms with E-state index >= 15 is 0 Å². The Morgan fingerprint density at radius 2 is 1.95 bits per heavy atom. The van der Waals surface area contributed by atoms with Crippen LogP contribution in [0.15, 0.2) is 24.3 Å². The summed E-state index contributed by atoms with van der Waals surface area (Å²) >= 11 is 0. The van der Waals surface area contributed by atoms with Crippen LogP contribution in [-0.4, -0.2) is 36.0 Å². The van der Waals surface area contributed by atoms with E-state index in [0.29, 0.717) is 18.2 Å². The van der Waals surface area contributed by atoms with Crippen molar-refractivity contribution in [3.63, 3.8) is 0 Å². The number of carbonyl (C=O) groups excluding carboxylic acids is 1. The summed E-state index contributed by atoms with van der Waals surface area (Å²) in [6.45, 7) is 2.89. The number of nitrogens with two attached hydrogens (primary N) is 1. The van der Waals surface area contributed by atoms with Gasteiger partial charge < -0.3 is 16.0 Å². The fourth-order valence-corrected chi connectivity index (χ4v) is 1.90. The van der Waals surface area contributed by atoms with Gasteiger partial charge in [-0.25, -0.2) is 9.97 Å². The average Bonchev–Trinajstić information content (AvgIpc) is 2.44. The van der Waals surface area contributed by atoms with E-state index in [1.165, 1.54) is 0 Å². The SMILES string of the molecule is CCCNC(=O)CN(C)c1nc2ccccc2nc1N. The molecule has 2 aromatic rings. The van der Waals surface area contributed by atoms with Crippen LogP contribution in [-0.2, 0) is 4.79 Å². The lowest BCUT2D eigenvalue weighted by atomic mass is 10.3. The predicted octanol–water partition coefficient (Wildman–Crippen LogP) is 1.17. The third-order valence-electron chi connectivity index (χ3n) is 2.89. The van der Waals surface area contributed by atoms with Gasteiger partial charge >= 0.3 is 0 Å². The van der Waals surface area contributed by atoms with Crippen molar-refractivity contribution in [1.82, 2.24) is 15.3 Å². The molecule has 0 bridgehead atoms. The molecule has 0 saturated carbocycles. The normalized spacial score (nSPS) is 10.5. The molecule has 1 heterocycles. The molecule has 2 rings (SSSR count). The van der Waals surface area contributed by atoms with Crippen molar-refractivity contribution in [2.24, 2.45) is 0 Å². The van der Waals surface area contributed by atoms with Gasteiger partial charge in [-0.1, -0.05) is 19.1 Å². The number of benzene rings is 1. The lowest BCUT2D eigenvalue weighted by molar-refractivity contribution is -0.119. The largest absolute Gasteiger partial charge is 0.381 e. The molecule has 0 atom stereocenters. The third kappa shape index (κ3) is 3.14. The van der Waals surface area contributed by atoms with Crippen LogP contribution in [0.2, 0.25) is 0 Å². The number of hydrogen-bond acceptors (Lipinski definition) is 5. The highest BCUT2D eigenvalue weighted by atomic mass is 16.2.